The van der Waals surface area contributed by atoms with Crippen LogP contribution in [0.2, 0.25) is 0 Å². The van der Waals surface area contributed by atoms with Crippen LogP contribution in [0.3, 0.4) is 0 Å². The van der Waals surface area contributed by atoms with Crippen molar-refractivity contribution in [2.24, 2.45) is 0 Å². The number of nitrogens with zero attached hydrogens (tertiary/aromatic N) is 1. The molecule has 6 nitrogen and oxygen atoms in total. The Hall–Kier alpha value is -3.35. The van der Waals surface area contributed by atoms with Crippen molar-refractivity contribution >= 4 is 22.4 Å². The molecular weight excluding hydrogens is 349 g/mol. The number of carbonyl (C=O) groups is 1. The number of aromatic nitrogens is 1. The summed E-state index contributed by atoms with van der Waals surface area (Å²) >= 11 is 0. The quantitative estimate of drug-likeness (QED) is 0.688. The number of halogens is 1. The Kier molecular flexibility index (Phi) is 5.40. The van der Waals surface area contributed by atoms with E-state index in [1.807, 2.05) is 6.92 Å². The van der Waals surface area contributed by atoms with Crippen LogP contribution in [0.15, 0.2) is 42.6 Å². The lowest BCUT2D eigenvalue weighted by Crippen LogP contribution is -2.26. The molecule has 2 aromatic carbocycles. The predicted octanol–water partition coefficient (Wildman–Crippen LogP) is 3.90. The number of nitrogens with one attached hydrogen (secondary N) is 1. The van der Waals surface area contributed by atoms with E-state index in [4.69, 9.17) is 15.2 Å². The van der Waals surface area contributed by atoms with Gasteiger partial charge in [-0.25, -0.2) is 9.37 Å². The molecule has 140 valence electrons. The van der Waals surface area contributed by atoms with Gasteiger partial charge >= 0.3 is 0 Å². The van der Waals surface area contributed by atoms with E-state index in [1.165, 1.54) is 31.5 Å². The SMILES string of the molecule is CCCNC(=O)c1ncc2c(Oc3cc(F)ccc3OC)cccc2c1N. The van der Waals surface area contributed by atoms with Crippen molar-refractivity contribution < 1.29 is 18.7 Å². The maximum Gasteiger partial charge on any atom is 0.272 e. The number of amides is 1. The van der Waals surface area contributed by atoms with Gasteiger partial charge in [0.1, 0.15) is 11.6 Å². The molecule has 1 heterocycles. The average Bonchev–Trinajstić information content (AvgIpc) is 2.67. The number of benzene rings is 2. The Balaban J connectivity index is 2.02. The highest BCUT2D eigenvalue weighted by atomic mass is 19.1. The minimum atomic E-state index is -0.446. The van der Waals surface area contributed by atoms with Crippen LogP contribution in [-0.2, 0) is 0 Å². The number of methoxy groups -OCH3 is 1. The normalized spacial score (nSPS) is 10.6. The van der Waals surface area contributed by atoms with Crippen LogP contribution >= 0.6 is 0 Å². The molecule has 0 aliphatic rings. The van der Waals surface area contributed by atoms with Gasteiger partial charge in [0.15, 0.2) is 17.2 Å². The summed E-state index contributed by atoms with van der Waals surface area (Å²) in [6.07, 6.45) is 2.33. The highest BCUT2D eigenvalue weighted by Crippen LogP contribution is 2.37. The molecule has 0 saturated carbocycles. The molecule has 0 bridgehead atoms. The van der Waals surface area contributed by atoms with E-state index in [1.54, 1.807) is 18.2 Å². The molecular formula is C20H20FN3O3. The van der Waals surface area contributed by atoms with Crippen molar-refractivity contribution in [3.8, 4) is 17.2 Å². The van der Waals surface area contributed by atoms with E-state index >= 15 is 0 Å². The fourth-order valence-electron chi connectivity index (χ4n) is 2.68. The predicted molar refractivity (Wildman–Crippen MR) is 102 cm³/mol. The maximum absolute atomic E-state index is 13.6. The Morgan fingerprint density at radius 3 is 2.74 bits per heavy atom. The number of fused-ring (bicyclic) bond motifs is 1. The number of ether oxygens (including phenoxy) is 2. The number of carbonyl (C=O) groups excluding carboxylic acids is 1. The second kappa shape index (κ2) is 7.90. The molecule has 27 heavy (non-hydrogen) atoms. The third kappa shape index (κ3) is 3.76. The first-order valence-electron chi connectivity index (χ1n) is 8.52. The lowest BCUT2D eigenvalue weighted by atomic mass is 10.1. The number of anilines is 1. The van der Waals surface area contributed by atoms with E-state index in [0.29, 0.717) is 28.8 Å². The van der Waals surface area contributed by atoms with E-state index in [0.717, 1.165) is 6.42 Å². The zero-order valence-electron chi connectivity index (χ0n) is 15.1. The van der Waals surface area contributed by atoms with Crippen molar-refractivity contribution in [1.29, 1.82) is 0 Å². The van der Waals surface area contributed by atoms with Crippen LogP contribution in [0.25, 0.3) is 10.8 Å². The molecule has 3 rings (SSSR count). The lowest BCUT2D eigenvalue weighted by Gasteiger charge is -2.14. The fraction of sp³-hybridized carbons (Fsp3) is 0.200. The maximum atomic E-state index is 13.6. The third-order valence-electron chi connectivity index (χ3n) is 4.03. The zero-order valence-corrected chi connectivity index (χ0v) is 15.1. The van der Waals surface area contributed by atoms with Crippen molar-refractivity contribution in [2.75, 3.05) is 19.4 Å². The molecule has 0 aliphatic heterocycles. The van der Waals surface area contributed by atoms with Gasteiger partial charge in [-0.05, 0) is 24.6 Å². The molecule has 3 aromatic rings. The smallest absolute Gasteiger partial charge is 0.272 e. The topological polar surface area (TPSA) is 86.5 Å². The highest BCUT2D eigenvalue weighted by Gasteiger charge is 2.16. The summed E-state index contributed by atoms with van der Waals surface area (Å²) in [6.45, 7) is 2.50. The summed E-state index contributed by atoms with van der Waals surface area (Å²) in [5.74, 6) is 0.280. The van der Waals surface area contributed by atoms with Crippen LogP contribution < -0.4 is 20.5 Å². The molecule has 1 amide bonds. The van der Waals surface area contributed by atoms with Gasteiger partial charge in [-0.1, -0.05) is 19.1 Å². The fourth-order valence-corrected chi connectivity index (χ4v) is 2.68. The second-order valence-corrected chi connectivity index (χ2v) is 5.89. The molecule has 0 spiro atoms. The molecule has 0 radical (unpaired) electrons. The summed E-state index contributed by atoms with van der Waals surface area (Å²) in [4.78, 5) is 16.4. The zero-order chi connectivity index (χ0) is 19.4. The number of pyridine rings is 1. The standard InChI is InChI=1S/C20H20FN3O3/c1-3-9-23-20(25)19-18(22)13-5-4-6-15(14(13)11-24-19)27-17-10-12(21)7-8-16(17)26-2/h4-8,10-11H,3,9,22H2,1-2H3,(H,23,25). The van der Waals surface area contributed by atoms with E-state index < -0.39 is 5.82 Å². The third-order valence-corrected chi connectivity index (χ3v) is 4.03. The second-order valence-electron chi connectivity index (χ2n) is 5.89. The van der Waals surface area contributed by atoms with Gasteiger partial charge < -0.3 is 20.5 Å². The highest BCUT2D eigenvalue weighted by molar-refractivity contribution is 6.07. The van der Waals surface area contributed by atoms with Gasteiger partial charge in [0.2, 0.25) is 0 Å². The first-order valence-corrected chi connectivity index (χ1v) is 8.52. The molecule has 0 fully saturated rings. The van der Waals surface area contributed by atoms with Crippen molar-refractivity contribution in [2.45, 2.75) is 13.3 Å². The van der Waals surface area contributed by atoms with E-state index in [-0.39, 0.29) is 23.0 Å². The van der Waals surface area contributed by atoms with Gasteiger partial charge in [0.25, 0.3) is 5.91 Å². The molecule has 0 unspecified atom stereocenters. The lowest BCUT2D eigenvalue weighted by molar-refractivity contribution is 0.0950. The molecule has 0 aliphatic carbocycles. The van der Waals surface area contributed by atoms with Gasteiger partial charge in [0.05, 0.1) is 12.8 Å². The Morgan fingerprint density at radius 2 is 2.00 bits per heavy atom. The van der Waals surface area contributed by atoms with Crippen LogP contribution in [0.5, 0.6) is 17.2 Å². The van der Waals surface area contributed by atoms with Crippen molar-refractivity contribution in [3.63, 3.8) is 0 Å². The van der Waals surface area contributed by atoms with Crippen LogP contribution in [0.1, 0.15) is 23.8 Å². The molecule has 0 saturated heterocycles. The molecule has 3 N–H and O–H groups in total. The number of nitrogen functional groups attached to an aromatic ring is 1. The average molecular weight is 369 g/mol. The number of rotatable bonds is 6. The van der Waals surface area contributed by atoms with Crippen molar-refractivity contribution in [3.05, 3.63) is 54.1 Å². The number of nitrogens with two attached hydrogens (primary N) is 1. The van der Waals surface area contributed by atoms with Gasteiger partial charge in [-0.15, -0.1) is 0 Å². The Labute approximate surface area is 156 Å². The number of hydrogen-bond donors (Lipinski definition) is 2. The van der Waals surface area contributed by atoms with E-state index in [9.17, 15) is 9.18 Å². The minimum Gasteiger partial charge on any atom is -0.493 e. The molecule has 7 heteroatoms. The molecule has 0 atom stereocenters. The van der Waals surface area contributed by atoms with Gasteiger partial charge in [0, 0.05) is 29.6 Å². The monoisotopic (exact) mass is 369 g/mol. The largest absolute Gasteiger partial charge is 0.493 e. The number of hydrogen-bond acceptors (Lipinski definition) is 5. The Bertz CT molecular complexity index is 992. The summed E-state index contributed by atoms with van der Waals surface area (Å²) in [5.41, 5.74) is 6.60. The summed E-state index contributed by atoms with van der Waals surface area (Å²) in [5, 5.41) is 3.99. The van der Waals surface area contributed by atoms with Crippen LogP contribution in [-0.4, -0.2) is 24.5 Å². The van der Waals surface area contributed by atoms with Gasteiger partial charge in [-0.2, -0.15) is 0 Å². The van der Waals surface area contributed by atoms with Gasteiger partial charge in [-0.3, -0.25) is 4.79 Å². The minimum absolute atomic E-state index is 0.163. The molecule has 1 aromatic heterocycles. The summed E-state index contributed by atoms with van der Waals surface area (Å²) in [6, 6.07) is 9.24. The van der Waals surface area contributed by atoms with Crippen molar-refractivity contribution in [1.82, 2.24) is 10.3 Å². The van der Waals surface area contributed by atoms with Crippen LogP contribution in [0, 0.1) is 5.82 Å². The first-order chi connectivity index (χ1) is 13.0. The summed E-state index contributed by atoms with van der Waals surface area (Å²) in [7, 11) is 1.48. The summed E-state index contributed by atoms with van der Waals surface area (Å²) < 4.78 is 24.7. The first kappa shape index (κ1) is 18.4. The van der Waals surface area contributed by atoms with Crippen LogP contribution in [0.4, 0.5) is 10.1 Å². The Morgan fingerprint density at radius 1 is 1.19 bits per heavy atom. The van der Waals surface area contributed by atoms with E-state index in [2.05, 4.69) is 10.3 Å².